The van der Waals surface area contributed by atoms with Gasteiger partial charge in [0.15, 0.2) is 0 Å². The van der Waals surface area contributed by atoms with Gasteiger partial charge < -0.3 is 15.7 Å². The van der Waals surface area contributed by atoms with Crippen molar-refractivity contribution >= 4 is 5.97 Å². The molecule has 0 aromatic rings. The zero-order chi connectivity index (χ0) is 10.7. The molecule has 2 saturated heterocycles. The smallest absolute Gasteiger partial charge is 0.323 e. The molecule has 2 aliphatic rings. The lowest BCUT2D eigenvalue weighted by atomic mass is 9.80. The van der Waals surface area contributed by atoms with Gasteiger partial charge in [-0.3, -0.25) is 4.79 Å². The van der Waals surface area contributed by atoms with Crippen molar-refractivity contribution in [3.05, 3.63) is 0 Å². The fraction of sp³-hybridized carbons (Fsp3) is 0.909. The molecule has 2 rings (SSSR count). The van der Waals surface area contributed by atoms with Crippen LogP contribution in [-0.4, -0.2) is 36.2 Å². The molecule has 0 radical (unpaired) electrons. The lowest BCUT2D eigenvalue weighted by molar-refractivity contribution is -0.146. The molecule has 0 spiro atoms. The van der Waals surface area contributed by atoms with Crippen LogP contribution in [0.3, 0.4) is 0 Å². The summed E-state index contributed by atoms with van der Waals surface area (Å²) in [6.07, 6.45) is 4.85. The second-order valence-electron chi connectivity index (χ2n) is 4.83. The number of piperidine rings is 1. The van der Waals surface area contributed by atoms with E-state index in [-0.39, 0.29) is 0 Å². The average molecular weight is 212 g/mol. The Labute approximate surface area is 90.4 Å². The molecule has 2 unspecified atom stereocenters. The van der Waals surface area contributed by atoms with E-state index in [4.69, 9.17) is 0 Å². The van der Waals surface area contributed by atoms with Crippen LogP contribution in [-0.2, 0) is 4.79 Å². The minimum atomic E-state index is -0.658. The highest BCUT2D eigenvalue weighted by Crippen LogP contribution is 2.29. The summed E-state index contributed by atoms with van der Waals surface area (Å²) in [6.45, 7) is 2.88. The summed E-state index contributed by atoms with van der Waals surface area (Å²) in [4.78, 5) is 11.4. The zero-order valence-electron chi connectivity index (χ0n) is 9.09. The molecule has 0 aliphatic carbocycles. The molecule has 0 aromatic carbocycles. The third-order valence-electron chi connectivity index (χ3n) is 3.70. The first-order valence-corrected chi connectivity index (χ1v) is 5.92. The molecule has 0 aromatic heterocycles. The van der Waals surface area contributed by atoms with Crippen LogP contribution in [0.5, 0.6) is 0 Å². The molecule has 3 N–H and O–H groups in total. The van der Waals surface area contributed by atoms with E-state index in [0.717, 1.165) is 51.7 Å². The van der Waals surface area contributed by atoms with Crippen LogP contribution in [0.2, 0.25) is 0 Å². The van der Waals surface area contributed by atoms with Crippen molar-refractivity contribution in [2.24, 2.45) is 5.92 Å². The van der Waals surface area contributed by atoms with Gasteiger partial charge in [-0.1, -0.05) is 0 Å². The first-order valence-electron chi connectivity index (χ1n) is 5.92. The molecule has 15 heavy (non-hydrogen) atoms. The third kappa shape index (κ3) is 2.32. The molecule has 2 atom stereocenters. The van der Waals surface area contributed by atoms with Gasteiger partial charge in [-0.2, -0.15) is 0 Å². The van der Waals surface area contributed by atoms with E-state index in [1.165, 1.54) is 0 Å². The average Bonchev–Trinajstić information content (AvgIpc) is 2.71. The van der Waals surface area contributed by atoms with Crippen LogP contribution in [0.1, 0.15) is 32.1 Å². The number of hydrogen-bond donors (Lipinski definition) is 3. The normalized spacial score (nSPS) is 36.7. The molecular formula is C11H20N2O2. The Balaban J connectivity index is 2.00. The van der Waals surface area contributed by atoms with Crippen LogP contribution in [0, 0.1) is 5.92 Å². The van der Waals surface area contributed by atoms with E-state index in [1.54, 1.807) is 0 Å². The summed E-state index contributed by atoms with van der Waals surface area (Å²) in [5, 5.41) is 15.9. The predicted octanol–water partition coefficient (Wildman–Crippen LogP) is 0.583. The fourth-order valence-electron chi connectivity index (χ4n) is 2.79. The molecule has 2 fully saturated rings. The van der Waals surface area contributed by atoms with Crippen molar-refractivity contribution in [1.82, 2.24) is 10.6 Å². The fourth-order valence-corrected chi connectivity index (χ4v) is 2.79. The third-order valence-corrected chi connectivity index (χ3v) is 3.70. The van der Waals surface area contributed by atoms with Crippen LogP contribution in [0.15, 0.2) is 0 Å². The van der Waals surface area contributed by atoms with Gasteiger partial charge in [0.05, 0.1) is 0 Å². The van der Waals surface area contributed by atoms with E-state index in [9.17, 15) is 9.90 Å². The number of carbonyl (C=O) groups is 1. The van der Waals surface area contributed by atoms with Crippen LogP contribution >= 0.6 is 0 Å². The van der Waals surface area contributed by atoms with Gasteiger partial charge in [-0.25, -0.2) is 0 Å². The Kier molecular flexibility index (Phi) is 3.26. The zero-order valence-corrected chi connectivity index (χ0v) is 9.09. The highest BCUT2D eigenvalue weighted by atomic mass is 16.4. The van der Waals surface area contributed by atoms with Gasteiger partial charge in [0.25, 0.3) is 0 Å². The van der Waals surface area contributed by atoms with E-state index >= 15 is 0 Å². The maximum Gasteiger partial charge on any atom is 0.323 e. The van der Waals surface area contributed by atoms with Crippen molar-refractivity contribution in [2.45, 2.75) is 37.6 Å². The van der Waals surface area contributed by atoms with E-state index in [2.05, 4.69) is 10.6 Å². The van der Waals surface area contributed by atoms with Crippen molar-refractivity contribution in [3.63, 3.8) is 0 Å². The summed E-state index contributed by atoms with van der Waals surface area (Å²) < 4.78 is 0. The quantitative estimate of drug-likeness (QED) is 0.640. The van der Waals surface area contributed by atoms with E-state index < -0.39 is 11.5 Å². The minimum Gasteiger partial charge on any atom is -0.480 e. The van der Waals surface area contributed by atoms with Crippen LogP contribution in [0.25, 0.3) is 0 Å². The lowest BCUT2D eigenvalue weighted by Crippen LogP contribution is -2.55. The molecular weight excluding hydrogens is 192 g/mol. The highest BCUT2D eigenvalue weighted by molar-refractivity contribution is 5.79. The summed E-state index contributed by atoms with van der Waals surface area (Å²) in [5.41, 5.74) is -0.630. The molecule has 0 amide bonds. The van der Waals surface area contributed by atoms with Gasteiger partial charge in [-0.15, -0.1) is 0 Å². The minimum absolute atomic E-state index is 0.534. The summed E-state index contributed by atoms with van der Waals surface area (Å²) in [5.74, 6) is -0.124. The monoisotopic (exact) mass is 212 g/mol. The molecule has 2 heterocycles. The molecule has 4 heteroatoms. The molecule has 86 valence electrons. The van der Waals surface area contributed by atoms with Crippen LogP contribution < -0.4 is 10.6 Å². The predicted molar refractivity (Wildman–Crippen MR) is 57.8 cm³/mol. The Hall–Kier alpha value is -0.610. The summed E-state index contributed by atoms with van der Waals surface area (Å²) >= 11 is 0. The number of carboxylic acids is 1. The largest absolute Gasteiger partial charge is 0.480 e. The lowest BCUT2D eigenvalue weighted by Gasteiger charge is -2.36. The molecule has 0 saturated carbocycles. The van der Waals surface area contributed by atoms with Crippen molar-refractivity contribution < 1.29 is 9.90 Å². The number of carboxylic acid groups (broad SMARTS) is 1. The summed E-state index contributed by atoms with van der Waals surface area (Å²) in [7, 11) is 0. The number of rotatable bonds is 3. The standard InChI is InChI=1S/C11H20N2O2/c14-10(15)11(4-1-2-5-13-11)7-9-3-6-12-8-9/h9,12-13H,1-8H2,(H,14,15). The Morgan fingerprint density at radius 3 is 2.80 bits per heavy atom. The second-order valence-corrected chi connectivity index (χ2v) is 4.83. The first-order chi connectivity index (χ1) is 7.23. The maximum absolute atomic E-state index is 11.4. The van der Waals surface area contributed by atoms with Gasteiger partial charge in [0.2, 0.25) is 0 Å². The molecule has 2 aliphatic heterocycles. The topological polar surface area (TPSA) is 61.4 Å². The number of nitrogens with one attached hydrogen (secondary N) is 2. The Bertz CT molecular complexity index is 231. The number of aliphatic carboxylic acids is 1. The molecule has 4 nitrogen and oxygen atoms in total. The van der Waals surface area contributed by atoms with Crippen molar-refractivity contribution in [1.29, 1.82) is 0 Å². The Morgan fingerprint density at radius 1 is 1.40 bits per heavy atom. The van der Waals surface area contributed by atoms with Gasteiger partial charge in [0.1, 0.15) is 5.54 Å². The van der Waals surface area contributed by atoms with Crippen molar-refractivity contribution in [3.8, 4) is 0 Å². The SMILES string of the molecule is O=C(O)C1(CC2CCNC2)CCCCN1. The van der Waals surface area contributed by atoms with Gasteiger partial charge in [-0.05, 0) is 57.7 Å². The number of hydrogen-bond acceptors (Lipinski definition) is 3. The van der Waals surface area contributed by atoms with E-state index in [1.807, 2.05) is 0 Å². The van der Waals surface area contributed by atoms with E-state index in [0.29, 0.717) is 5.92 Å². The van der Waals surface area contributed by atoms with Crippen molar-refractivity contribution in [2.75, 3.05) is 19.6 Å². The Morgan fingerprint density at radius 2 is 2.27 bits per heavy atom. The first kappa shape index (κ1) is 10.9. The van der Waals surface area contributed by atoms with Crippen LogP contribution in [0.4, 0.5) is 0 Å². The van der Waals surface area contributed by atoms with Gasteiger partial charge in [0, 0.05) is 0 Å². The molecule has 0 bridgehead atoms. The second kappa shape index (κ2) is 4.49. The maximum atomic E-state index is 11.4. The highest BCUT2D eigenvalue weighted by Gasteiger charge is 2.41. The van der Waals surface area contributed by atoms with Gasteiger partial charge >= 0.3 is 5.97 Å². The summed E-state index contributed by atoms with van der Waals surface area (Å²) in [6, 6.07) is 0.